The third-order valence-electron chi connectivity index (χ3n) is 9.11. The SMILES string of the molecule is COC(=O)[C@H]1C[C@]23Oc4cc(OC)ccc4[C@@]2(CN1Cc1ccccc1)N(S(=O)(=O)c1ccc(C)cc1)c1ccccc13. The fraction of sp³-hybridized carbons (Fsp3) is 0.265. The number of carbonyl (C=O) groups is 1. The number of likely N-dealkylation sites (tertiary alicyclic amines) is 1. The van der Waals surface area contributed by atoms with Crippen LogP contribution in [-0.2, 0) is 37.2 Å². The van der Waals surface area contributed by atoms with Crippen molar-refractivity contribution < 1.29 is 27.4 Å². The first kappa shape index (κ1) is 27.5. The van der Waals surface area contributed by atoms with Gasteiger partial charge in [-0.3, -0.25) is 9.69 Å². The van der Waals surface area contributed by atoms with Crippen LogP contribution in [0.4, 0.5) is 5.69 Å². The number of piperidine rings is 1. The maximum atomic E-state index is 14.9. The fourth-order valence-corrected chi connectivity index (χ4v) is 9.02. The Morgan fingerprint density at radius 1 is 0.930 bits per heavy atom. The van der Waals surface area contributed by atoms with Gasteiger partial charge in [0.2, 0.25) is 0 Å². The molecule has 1 saturated heterocycles. The molecule has 0 amide bonds. The van der Waals surface area contributed by atoms with Crippen molar-refractivity contribution >= 4 is 21.7 Å². The summed E-state index contributed by atoms with van der Waals surface area (Å²) >= 11 is 0. The summed E-state index contributed by atoms with van der Waals surface area (Å²) in [4.78, 5) is 15.7. The largest absolute Gasteiger partial charge is 0.497 e. The Hall–Kier alpha value is -4.34. The van der Waals surface area contributed by atoms with Crippen molar-refractivity contribution in [1.82, 2.24) is 4.90 Å². The number of carbonyl (C=O) groups excluding carboxylic acids is 1. The summed E-state index contributed by atoms with van der Waals surface area (Å²) in [5, 5.41) is 0. The third-order valence-corrected chi connectivity index (χ3v) is 11.0. The number of rotatable bonds is 6. The van der Waals surface area contributed by atoms with E-state index in [0.29, 0.717) is 29.3 Å². The van der Waals surface area contributed by atoms with Gasteiger partial charge in [-0.15, -0.1) is 0 Å². The molecule has 220 valence electrons. The Morgan fingerprint density at radius 3 is 2.37 bits per heavy atom. The van der Waals surface area contributed by atoms with Crippen LogP contribution < -0.4 is 13.8 Å². The molecule has 3 aliphatic rings. The zero-order chi connectivity index (χ0) is 30.0. The lowest BCUT2D eigenvalue weighted by molar-refractivity contribution is -0.157. The van der Waals surface area contributed by atoms with Gasteiger partial charge in [-0.25, -0.2) is 12.7 Å². The number of anilines is 1. The number of ether oxygens (including phenoxy) is 3. The molecule has 9 heteroatoms. The monoisotopic (exact) mass is 596 g/mol. The van der Waals surface area contributed by atoms with Crippen molar-refractivity contribution in [1.29, 1.82) is 0 Å². The highest BCUT2D eigenvalue weighted by Gasteiger charge is 2.75. The van der Waals surface area contributed by atoms with Gasteiger partial charge in [0.15, 0.2) is 5.60 Å². The molecule has 3 aliphatic heterocycles. The summed E-state index contributed by atoms with van der Waals surface area (Å²) < 4.78 is 49.2. The van der Waals surface area contributed by atoms with Crippen molar-refractivity contribution in [3.63, 3.8) is 0 Å². The number of hydrogen-bond donors (Lipinski definition) is 0. The molecule has 1 fully saturated rings. The van der Waals surface area contributed by atoms with Gasteiger partial charge in [0.25, 0.3) is 10.0 Å². The average Bonchev–Trinajstić information content (AvgIpc) is 3.44. The molecule has 8 nitrogen and oxygen atoms in total. The molecular weight excluding hydrogens is 564 g/mol. The highest BCUT2D eigenvalue weighted by atomic mass is 32.2. The van der Waals surface area contributed by atoms with Gasteiger partial charge in [-0.05, 0) is 42.8 Å². The van der Waals surface area contributed by atoms with E-state index in [1.165, 1.54) is 7.11 Å². The fourth-order valence-electron chi connectivity index (χ4n) is 7.20. The summed E-state index contributed by atoms with van der Waals surface area (Å²) in [6.07, 6.45) is 0.181. The molecule has 0 radical (unpaired) electrons. The molecular formula is C34H32N2O6S. The van der Waals surface area contributed by atoms with E-state index in [2.05, 4.69) is 0 Å². The summed E-state index contributed by atoms with van der Waals surface area (Å²) in [6, 6.07) is 29.1. The van der Waals surface area contributed by atoms with Crippen LogP contribution in [0.1, 0.15) is 28.7 Å². The summed E-state index contributed by atoms with van der Waals surface area (Å²) in [7, 11) is -1.16. The third kappa shape index (κ3) is 3.84. The maximum Gasteiger partial charge on any atom is 0.323 e. The van der Waals surface area contributed by atoms with Crippen molar-refractivity contribution in [2.24, 2.45) is 0 Å². The number of methoxy groups -OCH3 is 2. The number of sulfonamides is 1. The predicted molar refractivity (Wildman–Crippen MR) is 162 cm³/mol. The van der Waals surface area contributed by atoms with Crippen LogP contribution in [0.25, 0.3) is 0 Å². The highest BCUT2D eigenvalue weighted by Crippen LogP contribution is 2.68. The first-order valence-electron chi connectivity index (χ1n) is 14.2. The lowest BCUT2D eigenvalue weighted by Crippen LogP contribution is -2.68. The van der Waals surface area contributed by atoms with Crippen molar-refractivity contribution in [3.05, 3.63) is 119 Å². The molecule has 0 N–H and O–H groups in total. The molecule has 3 heterocycles. The van der Waals surface area contributed by atoms with Crippen molar-refractivity contribution in [2.45, 2.75) is 42.0 Å². The molecule has 0 aliphatic carbocycles. The van der Waals surface area contributed by atoms with E-state index in [-0.39, 0.29) is 17.9 Å². The van der Waals surface area contributed by atoms with E-state index in [4.69, 9.17) is 14.2 Å². The minimum atomic E-state index is -4.13. The number of nitrogens with zero attached hydrogens (tertiary/aromatic N) is 2. The molecule has 0 aromatic heterocycles. The Kier molecular flexibility index (Phi) is 6.30. The second-order valence-electron chi connectivity index (χ2n) is 11.4. The molecule has 3 atom stereocenters. The predicted octanol–water partition coefficient (Wildman–Crippen LogP) is 5.14. The summed E-state index contributed by atoms with van der Waals surface area (Å²) in [6.45, 7) is 2.52. The Labute approximate surface area is 251 Å². The molecule has 4 aromatic rings. The zero-order valence-electron chi connectivity index (χ0n) is 24.2. The number of fused-ring (bicyclic) bond motifs is 2. The highest BCUT2D eigenvalue weighted by molar-refractivity contribution is 7.93. The van der Waals surface area contributed by atoms with Gasteiger partial charge in [0.05, 0.1) is 24.8 Å². The van der Waals surface area contributed by atoms with Crippen LogP contribution in [0.15, 0.2) is 102 Å². The van der Waals surface area contributed by atoms with E-state index in [9.17, 15) is 13.2 Å². The number of esters is 1. The minimum absolute atomic E-state index is 0.181. The molecule has 4 aromatic carbocycles. The van der Waals surface area contributed by atoms with Gasteiger partial charge in [0.1, 0.15) is 23.1 Å². The molecule has 0 saturated carbocycles. The van der Waals surface area contributed by atoms with Crippen LogP contribution in [0.2, 0.25) is 0 Å². The first-order valence-corrected chi connectivity index (χ1v) is 15.6. The Bertz CT molecular complexity index is 1830. The van der Waals surface area contributed by atoms with Gasteiger partial charge >= 0.3 is 5.97 Å². The van der Waals surface area contributed by atoms with Crippen LogP contribution >= 0.6 is 0 Å². The lowest BCUT2D eigenvalue weighted by atomic mass is 9.68. The number of benzene rings is 4. The molecule has 43 heavy (non-hydrogen) atoms. The van der Waals surface area contributed by atoms with Gasteiger partial charge in [-0.1, -0.05) is 66.2 Å². The quantitative estimate of drug-likeness (QED) is 0.285. The van der Waals surface area contributed by atoms with Crippen LogP contribution in [0.5, 0.6) is 11.5 Å². The van der Waals surface area contributed by atoms with Crippen molar-refractivity contribution in [3.8, 4) is 11.5 Å². The Morgan fingerprint density at radius 2 is 1.65 bits per heavy atom. The lowest BCUT2D eigenvalue weighted by Gasteiger charge is -2.52. The topological polar surface area (TPSA) is 85.4 Å². The second kappa shape index (κ2) is 9.86. The second-order valence-corrected chi connectivity index (χ2v) is 13.2. The molecule has 0 bridgehead atoms. The minimum Gasteiger partial charge on any atom is -0.497 e. The number of para-hydroxylation sites is 1. The van der Waals surface area contributed by atoms with E-state index in [1.807, 2.05) is 78.6 Å². The van der Waals surface area contributed by atoms with E-state index < -0.39 is 33.2 Å². The van der Waals surface area contributed by atoms with Crippen LogP contribution in [-0.4, -0.2) is 46.1 Å². The number of aryl methyl sites for hydroxylation is 1. The van der Waals surface area contributed by atoms with Crippen LogP contribution in [0, 0.1) is 6.92 Å². The van der Waals surface area contributed by atoms with E-state index >= 15 is 0 Å². The van der Waals surface area contributed by atoms with Crippen molar-refractivity contribution in [2.75, 3.05) is 25.1 Å². The standard InChI is InChI=1S/C34H32N2O6S/c1-23-13-16-26(17-14-23)43(38,39)36-29-12-8-7-11-27(29)34-20-30(32(37)41-3)35(21-24-9-5-4-6-10-24)22-33(34,36)28-18-15-25(40-2)19-31(28)42-34/h4-19,30H,20-22H2,1-3H3/t30-,33-,34-/m1/s1. The average molecular weight is 597 g/mol. The molecule has 0 unspecified atom stereocenters. The van der Waals surface area contributed by atoms with Crippen LogP contribution in [0.3, 0.4) is 0 Å². The van der Waals surface area contributed by atoms with Gasteiger partial charge in [0, 0.05) is 36.7 Å². The maximum absolute atomic E-state index is 14.9. The normalized spacial score (nSPS) is 23.9. The Balaban J connectivity index is 1.52. The summed E-state index contributed by atoms with van der Waals surface area (Å²) in [5.74, 6) is 0.728. The molecule has 7 rings (SSSR count). The van der Waals surface area contributed by atoms with E-state index in [0.717, 1.165) is 16.7 Å². The first-order chi connectivity index (χ1) is 20.7. The number of hydrogen-bond acceptors (Lipinski definition) is 7. The van der Waals surface area contributed by atoms with Gasteiger partial charge in [-0.2, -0.15) is 0 Å². The van der Waals surface area contributed by atoms with Gasteiger partial charge < -0.3 is 14.2 Å². The van der Waals surface area contributed by atoms with E-state index in [1.54, 1.807) is 41.7 Å². The molecule has 0 spiro atoms. The smallest absolute Gasteiger partial charge is 0.323 e. The summed E-state index contributed by atoms with van der Waals surface area (Å²) in [5.41, 5.74) is 1.49. The zero-order valence-corrected chi connectivity index (χ0v) is 25.0.